The fourth-order valence-electron chi connectivity index (χ4n) is 3.96. The molecule has 222 valence electrons. The Kier molecular flexibility index (Phi) is 10.5. The summed E-state index contributed by atoms with van der Waals surface area (Å²) in [4.78, 5) is 11.2. The van der Waals surface area contributed by atoms with Gasteiger partial charge in [-0.2, -0.15) is 16.8 Å². The maximum absolute atomic E-state index is 11.4. The lowest BCUT2D eigenvalue weighted by atomic mass is 10.1. The molecule has 0 aliphatic rings. The zero-order valence-corrected chi connectivity index (χ0v) is 26.4. The van der Waals surface area contributed by atoms with E-state index in [9.17, 15) is 16.8 Å². The van der Waals surface area contributed by atoms with E-state index < -0.39 is 20.2 Å². The van der Waals surface area contributed by atoms with Crippen LogP contribution in [0.1, 0.15) is 11.1 Å². The van der Waals surface area contributed by atoms with Crippen LogP contribution < -0.4 is 4.90 Å². The van der Waals surface area contributed by atoms with E-state index in [0.717, 1.165) is 56.8 Å². The third kappa shape index (κ3) is 9.72. The van der Waals surface area contributed by atoms with Gasteiger partial charge in [-0.15, -0.1) is 11.3 Å². The first kappa shape index (κ1) is 31.8. The van der Waals surface area contributed by atoms with Crippen LogP contribution in [0.25, 0.3) is 21.8 Å². The lowest BCUT2D eigenvalue weighted by Gasteiger charge is -2.25. The molecule has 0 atom stereocenters. The zero-order chi connectivity index (χ0) is 30.3. The molecule has 0 spiro atoms. The van der Waals surface area contributed by atoms with Crippen molar-refractivity contribution >= 4 is 60.8 Å². The molecule has 0 radical (unpaired) electrons. The van der Waals surface area contributed by atoms with Gasteiger partial charge >= 0.3 is 0 Å². The maximum Gasteiger partial charge on any atom is 0.264 e. The molecule has 0 saturated heterocycles. The second kappa shape index (κ2) is 13.9. The summed E-state index contributed by atoms with van der Waals surface area (Å²) >= 11 is 7.57. The first-order chi connectivity index (χ1) is 19.9. The lowest BCUT2D eigenvalue weighted by Crippen LogP contribution is -2.32. The Morgan fingerprint density at radius 3 is 2.05 bits per heavy atom. The van der Waals surface area contributed by atoms with Crippen LogP contribution in [-0.2, 0) is 28.6 Å². The molecule has 0 saturated carbocycles. The molecule has 4 aromatic rings. The summed E-state index contributed by atoms with van der Waals surface area (Å²) in [6.45, 7) is 2.21. The zero-order valence-electron chi connectivity index (χ0n) is 23.2. The minimum Gasteiger partial charge on any atom is -0.367 e. The molecule has 1 aromatic heterocycles. The van der Waals surface area contributed by atoms with Gasteiger partial charge in [-0.25, -0.2) is 4.98 Å². The predicted octanol–water partition coefficient (Wildman–Crippen LogP) is 5.95. The Morgan fingerprint density at radius 2 is 1.48 bits per heavy atom. The van der Waals surface area contributed by atoms with Gasteiger partial charge in [-0.3, -0.25) is 13.4 Å². The summed E-state index contributed by atoms with van der Waals surface area (Å²) in [6.07, 6.45) is 3.74. The van der Waals surface area contributed by atoms with Crippen molar-refractivity contribution in [2.45, 2.75) is 6.92 Å². The van der Waals surface area contributed by atoms with Gasteiger partial charge in [0.15, 0.2) is 0 Å². The number of hydrogen-bond acceptors (Lipinski definition) is 10. The monoisotopic (exact) mass is 647 g/mol. The van der Waals surface area contributed by atoms with Gasteiger partial charge < -0.3 is 4.90 Å². The maximum atomic E-state index is 11.4. The van der Waals surface area contributed by atoms with Crippen LogP contribution >= 0.6 is 22.9 Å². The first-order valence-electron chi connectivity index (χ1n) is 12.8. The van der Waals surface area contributed by atoms with Crippen molar-refractivity contribution in [1.29, 1.82) is 0 Å². The molecule has 0 bridgehead atoms. The molecule has 9 nitrogen and oxygen atoms in total. The second-order valence-electron chi connectivity index (χ2n) is 9.43. The van der Waals surface area contributed by atoms with E-state index in [1.54, 1.807) is 22.5 Å². The number of anilines is 1. The van der Waals surface area contributed by atoms with E-state index in [4.69, 9.17) is 25.0 Å². The van der Waals surface area contributed by atoms with Gasteiger partial charge in [0, 0.05) is 46.5 Å². The summed E-state index contributed by atoms with van der Waals surface area (Å²) in [5.74, 6) is 0. The van der Waals surface area contributed by atoms with Crippen LogP contribution in [0, 0.1) is 6.92 Å². The van der Waals surface area contributed by atoms with Crippen LogP contribution in [0.15, 0.2) is 77.1 Å². The average molecular weight is 648 g/mol. The molecule has 1 heterocycles. The Hall–Kier alpha value is -3.13. The fourth-order valence-corrected chi connectivity index (χ4v) is 5.68. The van der Waals surface area contributed by atoms with Gasteiger partial charge in [0.25, 0.3) is 20.2 Å². The SMILES string of the molecule is Cc1cc(N(CCOS(C)(=O)=O)CCOS(C)(=O)=O)ccc1C=Nc1ccc(-c2csc(-c3ccc(Cl)cc3)n2)cc1. The molecular formula is C29H30ClN3O6S3. The number of aromatic nitrogens is 1. The smallest absolute Gasteiger partial charge is 0.264 e. The summed E-state index contributed by atoms with van der Waals surface area (Å²) in [7, 11) is -7.21. The van der Waals surface area contributed by atoms with E-state index >= 15 is 0 Å². The first-order valence-corrected chi connectivity index (χ1v) is 17.7. The topological polar surface area (TPSA) is 115 Å². The second-order valence-corrected chi connectivity index (χ2v) is 14.0. The van der Waals surface area contributed by atoms with Crippen LogP contribution in [0.4, 0.5) is 11.4 Å². The highest BCUT2D eigenvalue weighted by Gasteiger charge is 2.12. The van der Waals surface area contributed by atoms with E-state index in [1.807, 2.05) is 79.0 Å². The largest absolute Gasteiger partial charge is 0.367 e. The van der Waals surface area contributed by atoms with Crippen molar-refractivity contribution in [3.63, 3.8) is 0 Å². The molecule has 0 aliphatic heterocycles. The number of benzene rings is 3. The number of aliphatic imine (C=N–C) groups is 1. The normalized spacial score (nSPS) is 12.2. The van der Waals surface area contributed by atoms with Crippen molar-refractivity contribution in [2.75, 3.05) is 43.7 Å². The Bertz CT molecular complexity index is 1720. The molecule has 4 rings (SSSR count). The van der Waals surface area contributed by atoms with Gasteiger partial charge in [0.05, 0.1) is 37.1 Å². The van der Waals surface area contributed by atoms with Crippen LogP contribution in [0.2, 0.25) is 5.02 Å². The van der Waals surface area contributed by atoms with Crippen LogP contribution in [0.3, 0.4) is 0 Å². The summed E-state index contributed by atoms with van der Waals surface area (Å²) in [5.41, 5.74) is 6.28. The van der Waals surface area contributed by atoms with Gasteiger partial charge in [-0.1, -0.05) is 41.9 Å². The molecule has 3 aromatic carbocycles. The average Bonchev–Trinajstić information content (AvgIpc) is 3.41. The highest BCUT2D eigenvalue weighted by atomic mass is 35.5. The van der Waals surface area contributed by atoms with E-state index in [-0.39, 0.29) is 26.3 Å². The Morgan fingerprint density at radius 1 is 0.881 bits per heavy atom. The van der Waals surface area contributed by atoms with Crippen molar-refractivity contribution in [3.8, 4) is 21.8 Å². The van der Waals surface area contributed by atoms with Crippen molar-refractivity contribution in [1.82, 2.24) is 4.98 Å². The molecule has 0 fully saturated rings. The highest BCUT2D eigenvalue weighted by Crippen LogP contribution is 2.30. The van der Waals surface area contributed by atoms with Crippen molar-refractivity contribution < 1.29 is 25.2 Å². The summed E-state index contributed by atoms with van der Waals surface area (Å²) in [5, 5.41) is 3.64. The molecule has 0 amide bonds. The molecule has 0 unspecified atom stereocenters. The molecule has 0 aliphatic carbocycles. The number of hydrogen-bond donors (Lipinski definition) is 0. The third-order valence-electron chi connectivity index (χ3n) is 6.05. The quantitative estimate of drug-likeness (QED) is 0.129. The third-order valence-corrected chi connectivity index (χ3v) is 8.38. The van der Waals surface area contributed by atoms with Crippen LogP contribution in [0.5, 0.6) is 0 Å². The highest BCUT2D eigenvalue weighted by molar-refractivity contribution is 7.86. The number of aryl methyl sites for hydroxylation is 1. The van der Waals surface area contributed by atoms with Gasteiger partial charge in [-0.05, 0) is 54.4 Å². The summed E-state index contributed by atoms with van der Waals surface area (Å²) < 4.78 is 55.2. The number of rotatable bonds is 13. The Balaban J connectivity index is 1.43. The van der Waals surface area contributed by atoms with Gasteiger partial charge in [0.1, 0.15) is 5.01 Å². The number of nitrogens with zero attached hydrogens (tertiary/aromatic N) is 3. The minimum atomic E-state index is -3.60. The molecular weight excluding hydrogens is 618 g/mol. The van der Waals surface area contributed by atoms with Crippen LogP contribution in [-0.4, -0.2) is 66.8 Å². The fraction of sp³-hybridized carbons (Fsp3) is 0.241. The number of halogens is 1. The predicted molar refractivity (Wildman–Crippen MR) is 170 cm³/mol. The van der Waals surface area contributed by atoms with E-state index in [1.165, 1.54) is 0 Å². The van der Waals surface area contributed by atoms with Gasteiger partial charge in [0.2, 0.25) is 0 Å². The lowest BCUT2D eigenvalue weighted by molar-refractivity contribution is 0.309. The van der Waals surface area contributed by atoms with E-state index in [2.05, 4.69) is 4.99 Å². The number of thiazole rings is 1. The standard InChI is InChI=1S/C29H30ClN3O6S3/c1-21-18-27(33(14-16-38-41(2,34)35)15-17-39-42(3,36)37)13-8-24(21)19-31-26-11-6-22(7-12-26)28-20-40-29(32-28)23-4-9-25(30)10-5-23/h4-13,18-20H,14-17H2,1-3H3. The minimum absolute atomic E-state index is 0.0840. The van der Waals surface area contributed by atoms with Crippen molar-refractivity contribution in [3.05, 3.63) is 88.3 Å². The molecule has 13 heteroatoms. The molecule has 42 heavy (non-hydrogen) atoms. The van der Waals surface area contributed by atoms with E-state index in [0.29, 0.717) is 5.02 Å². The Labute approximate surface area is 255 Å². The van der Waals surface area contributed by atoms with Crippen molar-refractivity contribution in [2.24, 2.45) is 4.99 Å². The summed E-state index contributed by atoms with van der Waals surface area (Å²) in [6, 6.07) is 21.1. The molecule has 0 N–H and O–H groups in total.